The molecule has 3 nitrogen and oxygen atoms in total. The summed E-state index contributed by atoms with van der Waals surface area (Å²) in [6.07, 6.45) is 4.33. The van der Waals surface area contributed by atoms with Gasteiger partial charge >= 0.3 is 0 Å². The number of carbonyl (C=O) groups excluding carboxylic acids is 1. The van der Waals surface area contributed by atoms with Crippen LogP contribution in [-0.4, -0.2) is 18.0 Å². The van der Waals surface area contributed by atoms with Gasteiger partial charge in [-0.2, -0.15) is 0 Å². The number of primary amides is 1. The van der Waals surface area contributed by atoms with E-state index in [4.69, 9.17) is 5.73 Å². The SMILES string of the molecule is CCC(NC1CCC(C)(C)C1)C(N)=O. The van der Waals surface area contributed by atoms with Gasteiger partial charge in [-0.25, -0.2) is 0 Å². The monoisotopic (exact) mass is 198 g/mol. The third kappa shape index (κ3) is 2.98. The highest BCUT2D eigenvalue weighted by molar-refractivity contribution is 5.79. The lowest BCUT2D eigenvalue weighted by Crippen LogP contribution is -2.45. The van der Waals surface area contributed by atoms with E-state index in [0.717, 1.165) is 19.3 Å². The summed E-state index contributed by atoms with van der Waals surface area (Å²) in [7, 11) is 0. The van der Waals surface area contributed by atoms with Crippen LogP contribution in [0, 0.1) is 5.41 Å². The van der Waals surface area contributed by atoms with E-state index < -0.39 is 0 Å². The van der Waals surface area contributed by atoms with Crippen LogP contribution in [-0.2, 0) is 4.79 Å². The number of rotatable bonds is 4. The van der Waals surface area contributed by atoms with Crippen molar-refractivity contribution in [2.45, 2.75) is 58.5 Å². The maximum absolute atomic E-state index is 11.0. The van der Waals surface area contributed by atoms with Gasteiger partial charge in [0, 0.05) is 6.04 Å². The van der Waals surface area contributed by atoms with Gasteiger partial charge in [-0.3, -0.25) is 4.79 Å². The molecule has 1 saturated carbocycles. The summed E-state index contributed by atoms with van der Waals surface area (Å²) in [6.45, 7) is 6.54. The van der Waals surface area contributed by atoms with Crippen LogP contribution in [0.3, 0.4) is 0 Å². The van der Waals surface area contributed by atoms with Crippen LogP contribution >= 0.6 is 0 Å². The minimum Gasteiger partial charge on any atom is -0.368 e. The first-order valence-electron chi connectivity index (χ1n) is 5.50. The first-order chi connectivity index (χ1) is 6.44. The Morgan fingerprint density at radius 3 is 2.64 bits per heavy atom. The fraction of sp³-hybridized carbons (Fsp3) is 0.909. The molecule has 1 aliphatic carbocycles. The molecule has 0 radical (unpaired) electrons. The standard InChI is InChI=1S/C11H22N2O/c1-4-9(10(12)14)13-8-5-6-11(2,3)7-8/h8-9,13H,4-7H2,1-3H3,(H2,12,14). The second-order valence-corrected chi connectivity index (χ2v) is 5.13. The zero-order chi connectivity index (χ0) is 10.8. The third-order valence-electron chi connectivity index (χ3n) is 3.16. The summed E-state index contributed by atoms with van der Waals surface area (Å²) >= 11 is 0. The fourth-order valence-corrected chi connectivity index (χ4v) is 2.26. The largest absolute Gasteiger partial charge is 0.368 e. The molecular weight excluding hydrogens is 176 g/mol. The summed E-state index contributed by atoms with van der Waals surface area (Å²) in [4.78, 5) is 11.0. The molecule has 1 rings (SSSR count). The van der Waals surface area contributed by atoms with Gasteiger partial charge in [-0.05, 0) is 31.1 Å². The molecule has 1 aliphatic rings. The minimum atomic E-state index is -0.225. The molecule has 0 aliphatic heterocycles. The first kappa shape index (κ1) is 11.5. The highest BCUT2D eigenvalue weighted by Gasteiger charge is 2.32. The van der Waals surface area contributed by atoms with Crippen molar-refractivity contribution in [3.05, 3.63) is 0 Å². The number of hydrogen-bond donors (Lipinski definition) is 2. The molecule has 0 bridgehead atoms. The van der Waals surface area contributed by atoms with Crippen molar-refractivity contribution in [2.24, 2.45) is 11.1 Å². The van der Waals surface area contributed by atoms with Crippen LogP contribution in [0.15, 0.2) is 0 Å². The second-order valence-electron chi connectivity index (χ2n) is 5.13. The Morgan fingerprint density at radius 1 is 1.64 bits per heavy atom. The Hall–Kier alpha value is -0.570. The molecule has 3 heteroatoms. The van der Waals surface area contributed by atoms with E-state index >= 15 is 0 Å². The Kier molecular flexibility index (Phi) is 3.53. The van der Waals surface area contributed by atoms with Crippen LogP contribution in [0.2, 0.25) is 0 Å². The van der Waals surface area contributed by atoms with Crippen LogP contribution in [0.4, 0.5) is 0 Å². The fourth-order valence-electron chi connectivity index (χ4n) is 2.26. The molecule has 82 valence electrons. The van der Waals surface area contributed by atoms with Crippen molar-refractivity contribution in [1.82, 2.24) is 5.32 Å². The molecule has 0 aromatic heterocycles. The molecule has 2 unspecified atom stereocenters. The van der Waals surface area contributed by atoms with Crippen LogP contribution < -0.4 is 11.1 Å². The molecule has 14 heavy (non-hydrogen) atoms. The van der Waals surface area contributed by atoms with Crippen molar-refractivity contribution in [1.29, 1.82) is 0 Å². The number of carbonyl (C=O) groups is 1. The Labute approximate surface area is 86.4 Å². The maximum atomic E-state index is 11.0. The smallest absolute Gasteiger partial charge is 0.234 e. The zero-order valence-corrected chi connectivity index (χ0v) is 9.47. The average molecular weight is 198 g/mol. The predicted octanol–water partition coefficient (Wildman–Crippen LogP) is 1.42. The van der Waals surface area contributed by atoms with Gasteiger partial charge in [0.1, 0.15) is 0 Å². The molecule has 2 atom stereocenters. The van der Waals surface area contributed by atoms with Crippen LogP contribution in [0.1, 0.15) is 46.5 Å². The van der Waals surface area contributed by atoms with E-state index in [0.29, 0.717) is 11.5 Å². The quantitative estimate of drug-likeness (QED) is 0.717. The van der Waals surface area contributed by atoms with Crippen molar-refractivity contribution in [3.8, 4) is 0 Å². The van der Waals surface area contributed by atoms with E-state index in [-0.39, 0.29) is 11.9 Å². The number of nitrogens with two attached hydrogens (primary N) is 1. The molecule has 1 fully saturated rings. The van der Waals surface area contributed by atoms with E-state index in [1.165, 1.54) is 6.42 Å². The minimum absolute atomic E-state index is 0.145. The lowest BCUT2D eigenvalue weighted by molar-refractivity contribution is -0.120. The van der Waals surface area contributed by atoms with E-state index in [1.807, 2.05) is 6.92 Å². The van der Waals surface area contributed by atoms with Gasteiger partial charge < -0.3 is 11.1 Å². The molecule has 0 saturated heterocycles. The van der Waals surface area contributed by atoms with Gasteiger partial charge in [0.05, 0.1) is 6.04 Å². The normalized spacial score (nSPS) is 27.5. The van der Waals surface area contributed by atoms with Gasteiger partial charge in [-0.15, -0.1) is 0 Å². The summed E-state index contributed by atoms with van der Waals surface area (Å²) in [5.74, 6) is -0.225. The van der Waals surface area contributed by atoms with Gasteiger partial charge in [-0.1, -0.05) is 20.8 Å². The summed E-state index contributed by atoms with van der Waals surface area (Å²) < 4.78 is 0. The molecule has 0 aromatic rings. The molecule has 3 N–H and O–H groups in total. The number of amides is 1. The average Bonchev–Trinajstić information content (AvgIpc) is 2.41. The summed E-state index contributed by atoms with van der Waals surface area (Å²) in [5, 5.41) is 3.35. The van der Waals surface area contributed by atoms with E-state index in [9.17, 15) is 4.79 Å². The first-order valence-corrected chi connectivity index (χ1v) is 5.50. The van der Waals surface area contributed by atoms with Crippen molar-refractivity contribution < 1.29 is 4.79 Å². The van der Waals surface area contributed by atoms with Gasteiger partial charge in [0.2, 0.25) is 5.91 Å². The lowest BCUT2D eigenvalue weighted by atomic mass is 9.92. The van der Waals surface area contributed by atoms with E-state index in [2.05, 4.69) is 19.2 Å². The van der Waals surface area contributed by atoms with Gasteiger partial charge in [0.25, 0.3) is 0 Å². The lowest BCUT2D eigenvalue weighted by Gasteiger charge is -2.21. The predicted molar refractivity (Wildman–Crippen MR) is 57.8 cm³/mol. The van der Waals surface area contributed by atoms with Crippen molar-refractivity contribution in [2.75, 3.05) is 0 Å². The number of nitrogens with one attached hydrogen (secondary N) is 1. The topological polar surface area (TPSA) is 55.1 Å². The zero-order valence-electron chi connectivity index (χ0n) is 9.47. The van der Waals surface area contributed by atoms with E-state index in [1.54, 1.807) is 0 Å². The summed E-state index contributed by atoms with van der Waals surface area (Å²) in [6, 6.07) is 0.330. The van der Waals surface area contributed by atoms with Crippen LogP contribution in [0.25, 0.3) is 0 Å². The Morgan fingerprint density at radius 2 is 2.29 bits per heavy atom. The summed E-state index contributed by atoms with van der Waals surface area (Å²) in [5.41, 5.74) is 5.72. The highest BCUT2D eigenvalue weighted by Crippen LogP contribution is 2.37. The number of hydrogen-bond acceptors (Lipinski definition) is 2. The van der Waals surface area contributed by atoms with Gasteiger partial charge in [0.15, 0.2) is 0 Å². The maximum Gasteiger partial charge on any atom is 0.234 e. The molecule has 1 amide bonds. The molecule has 0 heterocycles. The molecular formula is C11H22N2O. The van der Waals surface area contributed by atoms with Crippen molar-refractivity contribution >= 4 is 5.91 Å². The Balaban J connectivity index is 2.42. The second kappa shape index (κ2) is 4.30. The van der Waals surface area contributed by atoms with Crippen LogP contribution in [0.5, 0.6) is 0 Å². The Bertz CT molecular complexity index is 213. The van der Waals surface area contributed by atoms with Crippen molar-refractivity contribution in [3.63, 3.8) is 0 Å². The highest BCUT2D eigenvalue weighted by atomic mass is 16.1. The molecule has 0 aromatic carbocycles. The molecule has 0 spiro atoms. The third-order valence-corrected chi connectivity index (χ3v) is 3.16.